The van der Waals surface area contributed by atoms with Crippen LogP contribution in [-0.2, 0) is 16.1 Å². The van der Waals surface area contributed by atoms with Crippen molar-refractivity contribution in [3.05, 3.63) is 52.0 Å². The molecule has 0 saturated heterocycles. The second kappa shape index (κ2) is 7.68. The number of nitrogen functional groups attached to an aromatic ring is 2. The Balaban J connectivity index is 2.42. The smallest absolute Gasteiger partial charge is 0.302 e. The molecule has 5 N–H and O–H groups in total. The maximum Gasteiger partial charge on any atom is 0.302 e. The standard InChI is InChI=1S/C17H19ClN2O3S/c1-9(21)23-8-10-5-16(20)13(7-15(10)19)17(24-2)12-4-3-11(22)6-14(12)18/h3-7,17,22H,8,19-20H2,1-2H3. The van der Waals surface area contributed by atoms with Gasteiger partial charge >= 0.3 is 5.97 Å². The van der Waals surface area contributed by atoms with Crippen LogP contribution >= 0.6 is 23.4 Å². The highest BCUT2D eigenvalue weighted by Crippen LogP contribution is 2.42. The molecule has 7 heteroatoms. The van der Waals surface area contributed by atoms with E-state index in [2.05, 4.69) is 0 Å². The van der Waals surface area contributed by atoms with E-state index in [-0.39, 0.29) is 23.6 Å². The Hall–Kier alpha value is -2.05. The van der Waals surface area contributed by atoms with Crippen molar-refractivity contribution in [3.8, 4) is 5.75 Å². The molecule has 5 nitrogen and oxygen atoms in total. The first-order valence-electron chi connectivity index (χ1n) is 7.15. The number of aromatic hydroxyl groups is 1. The largest absolute Gasteiger partial charge is 0.508 e. The Kier molecular flexibility index (Phi) is 5.85. The summed E-state index contributed by atoms with van der Waals surface area (Å²) in [4.78, 5) is 11.0. The van der Waals surface area contributed by atoms with Gasteiger partial charge < -0.3 is 21.3 Å². The molecule has 0 aliphatic carbocycles. The summed E-state index contributed by atoms with van der Waals surface area (Å²) in [5, 5.41) is 9.84. The van der Waals surface area contributed by atoms with Crippen LogP contribution in [0.15, 0.2) is 30.3 Å². The molecule has 0 aliphatic heterocycles. The van der Waals surface area contributed by atoms with E-state index in [0.29, 0.717) is 22.0 Å². The number of carbonyl (C=O) groups excluding carboxylic acids is 1. The maximum atomic E-state index is 11.0. The predicted octanol–water partition coefficient (Wildman–Crippen LogP) is 3.73. The number of benzene rings is 2. The molecule has 0 spiro atoms. The molecule has 1 atom stereocenters. The fraction of sp³-hybridized carbons (Fsp3) is 0.235. The molecule has 2 rings (SSSR count). The minimum Gasteiger partial charge on any atom is -0.508 e. The molecule has 0 aliphatic rings. The number of nitrogens with two attached hydrogens (primary N) is 2. The van der Waals surface area contributed by atoms with E-state index in [4.69, 9.17) is 27.8 Å². The summed E-state index contributed by atoms with van der Waals surface area (Å²) in [7, 11) is 0. The zero-order valence-corrected chi connectivity index (χ0v) is 14.9. The van der Waals surface area contributed by atoms with Crippen LogP contribution in [0.3, 0.4) is 0 Å². The summed E-state index contributed by atoms with van der Waals surface area (Å²) in [5.41, 5.74) is 15.6. The number of phenols is 1. The van der Waals surface area contributed by atoms with Crippen LogP contribution in [0.1, 0.15) is 28.9 Å². The number of phenolic OH excluding ortho intramolecular Hbond substituents is 1. The topological polar surface area (TPSA) is 98.6 Å². The Bertz CT molecular complexity index is 768. The number of ether oxygens (including phenoxy) is 1. The highest BCUT2D eigenvalue weighted by atomic mass is 35.5. The lowest BCUT2D eigenvalue weighted by Crippen LogP contribution is -2.07. The molecular weight excluding hydrogens is 348 g/mol. The number of hydrogen-bond acceptors (Lipinski definition) is 6. The van der Waals surface area contributed by atoms with Gasteiger partial charge in [-0.25, -0.2) is 0 Å². The van der Waals surface area contributed by atoms with E-state index in [9.17, 15) is 9.90 Å². The van der Waals surface area contributed by atoms with E-state index >= 15 is 0 Å². The van der Waals surface area contributed by atoms with Crippen molar-refractivity contribution < 1.29 is 14.6 Å². The van der Waals surface area contributed by atoms with E-state index < -0.39 is 0 Å². The molecule has 128 valence electrons. The molecule has 2 aromatic rings. The number of carbonyl (C=O) groups is 1. The lowest BCUT2D eigenvalue weighted by Gasteiger charge is -2.20. The van der Waals surface area contributed by atoms with Crippen LogP contribution in [0.5, 0.6) is 5.75 Å². The van der Waals surface area contributed by atoms with Crippen molar-refractivity contribution in [2.75, 3.05) is 17.7 Å². The second-order valence-electron chi connectivity index (χ2n) is 5.28. The summed E-state index contributed by atoms with van der Waals surface area (Å²) < 4.78 is 4.98. The third-order valence-corrected chi connectivity index (χ3v) is 4.87. The monoisotopic (exact) mass is 366 g/mol. The minimum atomic E-state index is -0.380. The molecule has 0 heterocycles. The number of hydrogen-bond donors (Lipinski definition) is 3. The molecule has 0 radical (unpaired) electrons. The molecule has 0 bridgehead atoms. The third kappa shape index (κ3) is 4.07. The Morgan fingerprint density at radius 1 is 1.25 bits per heavy atom. The van der Waals surface area contributed by atoms with Gasteiger partial charge in [-0.15, -0.1) is 0 Å². The van der Waals surface area contributed by atoms with Crippen LogP contribution < -0.4 is 11.5 Å². The van der Waals surface area contributed by atoms with Crippen molar-refractivity contribution in [2.45, 2.75) is 18.8 Å². The van der Waals surface area contributed by atoms with Crippen LogP contribution in [0, 0.1) is 0 Å². The molecular formula is C17H19ClN2O3S. The molecule has 1 unspecified atom stereocenters. The summed E-state index contributed by atoms with van der Waals surface area (Å²) >= 11 is 7.81. The predicted molar refractivity (Wildman–Crippen MR) is 99.2 cm³/mol. The van der Waals surface area contributed by atoms with E-state index in [1.807, 2.05) is 6.26 Å². The van der Waals surface area contributed by atoms with Gasteiger partial charge in [-0.1, -0.05) is 17.7 Å². The van der Waals surface area contributed by atoms with Crippen molar-refractivity contribution in [1.82, 2.24) is 0 Å². The lowest BCUT2D eigenvalue weighted by molar-refractivity contribution is -0.142. The van der Waals surface area contributed by atoms with E-state index in [1.165, 1.54) is 13.0 Å². The van der Waals surface area contributed by atoms with Crippen molar-refractivity contribution in [3.63, 3.8) is 0 Å². The molecule has 24 heavy (non-hydrogen) atoms. The lowest BCUT2D eigenvalue weighted by atomic mass is 9.99. The van der Waals surface area contributed by atoms with Gasteiger partial charge in [0.1, 0.15) is 12.4 Å². The zero-order valence-electron chi connectivity index (χ0n) is 13.4. The van der Waals surface area contributed by atoms with E-state index in [0.717, 1.165) is 11.1 Å². The van der Waals surface area contributed by atoms with Gasteiger partial charge in [-0.05, 0) is 41.6 Å². The van der Waals surface area contributed by atoms with Gasteiger partial charge in [-0.3, -0.25) is 4.79 Å². The van der Waals surface area contributed by atoms with E-state index in [1.54, 1.807) is 36.0 Å². The SMILES string of the molecule is CSC(c1cc(N)c(COC(C)=O)cc1N)c1ccc(O)cc1Cl. The van der Waals surface area contributed by atoms with Gasteiger partial charge in [0.25, 0.3) is 0 Å². The molecule has 2 aromatic carbocycles. The Morgan fingerprint density at radius 2 is 1.96 bits per heavy atom. The zero-order chi connectivity index (χ0) is 17.9. The number of anilines is 2. The van der Waals surface area contributed by atoms with Gasteiger partial charge in [0.05, 0.1) is 5.25 Å². The Labute approximate surface area is 149 Å². The normalized spacial score (nSPS) is 12.0. The summed E-state index contributed by atoms with van der Waals surface area (Å²) in [6, 6.07) is 8.33. The Morgan fingerprint density at radius 3 is 2.54 bits per heavy atom. The van der Waals surface area contributed by atoms with Crippen molar-refractivity contribution >= 4 is 40.7 Å². The van der Waals surface area contributed by atoms with Crippen LogP contribution in [-0.4, -0.2) is 17.3 Å². The number of rotatable bonds is 5. The summed E-state index contributed by atoms with van der Waals surface area (Å²) in [5.74, 6) is -0.275. The highest BCUT2D eigenvalue weighted by Gasteiger charge is 2.20. The first-order chi connectivity index (χ1) is 11.3. The summed E-state index contributed by atoms with van der Waals surface area (Å²) in [6.45, 7) is 1.42. The van der Waals surface area contributed by atoms with Crippen molar-refractivity contribution in [2.24, 2.45) is 0 Å². The summed E-state index contributed by atoms with van der Waals surface area (Å²) in [6.07, 6.45) is 1.94. The average molecular weight is 367 g/mol. The fourth-order valence-corrected chi connectivity index (χ4v) is 3.65. The van der Waals surface area contributed by atoms with Crippen molar-refractivity contribution in [1.29, 1.82) is 0 Å². The molecule has 0 saturated carbocycles. The van der Waals surface area contributed by atoms with Gasteiger partial charge in [0.2, 0.25) is 0 Å². The highest BCUT2D eigenvalue weighted by molar-refractivity contribution is 7.99. The first-order valence-corrected chi connectivity index (χ1v) is 8.82. The molecule has 0 fully saturated rings. The molecule has 0 aromatic heterocycles. The number of halogens is 1. The number of esters is 1. The van der Waals surface area contributed by atoms with Gasteiger partial charge in [0.15, 0.2) is 0 Å². The average Bonchev–Trinajstić information content (AvgIpc) is 2.51. The second-order valence-corrected chi connectivity index (χ2v) is 6.63. The quantitative estimate of drug-likeness (QED) is 0.551. The fourth-order valence-electron chi connectivity index (χ4n) is 2.38. The van der Waals surface area contributed by atoms with Crippen LogP contribution in [0.2, 0.25) is 5.02 Å². The minimum absolute atomic E-state index is 0.0789. The van der Waals surface area contributed by atoms with Gasteiger partial charge in [-0.2, -0.15) is 11.8 Å². The molecule has 0 amide bonds. The van der Waals surface area contributed by atoms with Gasteiger partial charge in [0, 0.05) is 28.9 Å². The first kappa shape index (κ1) is 18.3. The number of thioether (sulfide) groups is 1. The maximum absolute atomic E-state index is 11.0. The van der Waals surface area contributed by atoms with Crippen LogP contribution in [0.25, 0.3) is 0 Å². The van der Waals surface area contributed by atoms with Crippen LogP contribution in [0.4, 0.5) is 11.4 Å². The third-order valence-electron chi connectivity index (χ3n) is 3.56.